The minimum atomic E-state index is 0.700. The van der Waals surface area contributed by atoms with Gasteiger partial charge in [0.05, 0.1) is 0 Å². The van der Waals surface area contributed by atoms with E-state index in [1.807, 2.05) is 0 Å². The second-order valence-corrected chi connectivity index (χ2v) is 5.38. The molecule has 2 atom stereocenters. The average molecular weight is 213 g/mol. The van der Waals surface area contributed by atoms with Gasteiger partial charge in [-0.05, 0) is 40.0 Å². The summed E-state index contributed by atoms with van der Waals surface area (Å²) in [6.07, 6.45) is 1.26. The Morgan fingerprint density at radius 1 is 1.33 bits per heavy atom. The standard InChI is InChI=1S/C12H27N3/c1-10(2)12-9-13-8-11(15(12)5)6-7-14(3)4/h10-13H,6-9H2,1-5H3/t11?,12-/m1/s1. The van der Waals surface area contributed by atoms with Crippen LogP contribution < -0.4 is 5.32 Å². The Bertz CT molecular complexity index is 180. The van der Waals surface area contributed by atoms with Gasteiger partial charge in [-0.1, -0.05) is 13.8 Å². The van der Waals surface area contributed by atoms with Crippen molar-refractivity contribution in [2.24, 2.45) is 5.92 Å². The molecule has 0 bridgehead atoms. The number of likely N-dealkylation sites (N-methyl/N-ethyl adjacent to an activating group) is 1. The summed E-state index contributed by atoms with van der Waals surface area (Å²) in [5.41, 5.74) is 0. The molecule has 15 heavy (non-hydrogen) atoms. The van der Waals surface area contributed by atoms with Crippen LogP contribution >= 0.6 is 0 Å². The molecule has 1 N–H and O–H groups in total. The lowest BCUT2D eigenvalue weighted by atomic mass is 9.97. The molecule has 0 aromatic carbocycles. The largest absolute Gasteiger partial charge is 0.314 e. The molecule has 90 valence electrons. The van der Waals surface area contributed by atoms with Gasteiger partial charge in [-0.3, -0.25) is 4.90 Å². The van der Waals surface area contributed by atoms with Crippen LogP contribution in [-0.4, -0.2) is 62.7 Å². The number of piperazine rings is 1. The average Bonchev–Trinajstić information content (AvgIpc) is 2.15. The maximum atomic E-state index is 3.56. The van der Waals surface area contributed by atoms with Gasteiger partial charge in [0, 0.05) is 25.2 Å². The quantitative estimate of drug-likeness (QED) is 0.747. The fraction of sp³-hybridized carbons (Fsp3) is 1.00. The van der Waals surface area contributed by atoms with E-state index in [-0.39, 0.29) is 0 Å². The second kappa shape index (κ2) is 5.83. The number of nitrogens with one attached hydrogen (secondary N) is 1. The van der Waals surface area contributed by atoms with Crippen molar-refractivity contribution in [2.75, 3.05) is 40.8 Å². The molecule has 0 aromatic heterocycles. The molecule has 1 unspecified atom stereocenters. The zero-order valence-electron chi connectivity index (χ0n) is 11.0. The van der Waals surface area contributed by atoms with E-state index >= 15 is 0 Å². The van der Waals surface area contributed by atoms with Gasteiger partial charge in [0.1, 0.15) is 0 Å². The number of hydrogen-bond acceptors (Lipinski definition) is 3. The maximum Gasteiger partial charge on any atom is 0.0244 e. The molecule has 3 heteroatoms. The molecule has 0 spiro atoms. The van der Waals surface area contributed by atoms with Crippen LogP contribution in [0.1, 0.15) is 20.3 Å². The van der Waals surface area contributed by atoms with Crippen molar-refractivity contribution in [3.8, 4) is 0 Å². The summed E-state index contributed by atoms with van der Waals surface area (Å²) in [6, 6.07) is 1.40. The molecule has 0 aliphatic carbocycles. The summed E-state index contributed by atoms with van der Waals surface area (Å²) in [7, 11) is 6.58. The predicted molar refractivity (Wildman–Crippen MR) is 66.2 cm³/mol. The first kappa shape index (κ1) is 12.9. The smallest absolute Gasteiger partial charge is 0.0244 e. The topological polar surface area (TPSA) is 18.5 Å². The highest BCUT2D eigenvalue weighted by atomic mass is 15.2. The van der Waals surface area contributed by atoms with Crippen molar-refractivity contribution in [1.82, 2.24) is 15.1 Å². The Kier molecular flexibility index (Phi) is 5.03. The fourth-order valence-electron chi connectivity index (χ4n) is 2.38. The SMILES string of the molecule is CC(C)[C@H]1CNCC(CCN(C)C)N1C. The normalized spacial score (nSPS) is 29.0. The minimum Gasteiger partial charge on any atom is -0.314 e. The summed E-state index contributed by atoms with van der Waals surface area (Å²) in [4.78, 5) is 4.84. The Morgan fingerprint density at radius 2 is 2.00 bits per heavy atom. The second-order valence-electron chi connectivity index (χ2n) is 5.38. The van der Waals surface area contributed by atoms with Gasteiger partial charge in [0.25, 0.3) is 0 Å². The molecular formula is C12H27N3. The van der Waals surface area contributed by atoms with E-state index in [0.717, 1.165) is 19.0 Å². The van der Waals surface area contributed by atoms with Crippen LogP contribution in [0.4, 0.5) is 0 Å². The monoisotopic (exact) mass is 213 g/mol. The third kappa shape index (κ3) is 3.74. The van der Waals surface area contributed by atoms with E-state index < -0.39 is 0 Å². The Hall–Kier alpha value is -0.120. The third-order valence-electron chi connectivity index (χ3n) is 3.51. The summed E-state index contributed by atoms with van der Waals surface area (Å²) < 4.78 is 0. The molecule has 1 rings (SSSR count). The van der Waals surface area contributed by atoms with Crippen LogP contribution in [-0.2, 0) is 0 Å². The van der Waals surface area contributed by atoms with Crippen molar-refractivity contribution < 1.29 is 0 Å². The van der Waals surface area contributed by atoms with Crippen LogP contribution in [0.5, 0.6) is 0 Å². The van der Waals surface area contributed by atoms with Crippen molar-refractivity contribution >= 4 is 0 Å². The van der Waals surface area contributed by atoms with Crippen LogP contribution in [0.15, 0.2) is 0 Å². The van der Waals surface area contributed by atoms with Crippen molar-refractivity contribution in [3.05, 3.63) is 0 Å². The van der Waals surface area contributed by atoms with Crippen molar-refractivity contribution in [2.45, 2.75) is 32.4 Å². The highest BCUT2D eigenvalue weighted by Gasteiger charge is 2.28. The Morgan fingerprint density at radius 3 is 2.53 bits per heavy atom. The van der Waals surface area contributed by atoms with Crippen LogP contribution in [0, 0.1) is 5.92 Å². The Balaban J connectivity index is 2.43. The Labute approximate surface area is 94.8 Å². The molecule has 0 amide bonds. The lowest BCUT2D eigenvalue weighted by molar-refractivity contribution is 0.0881. The molecular weight excluding hydrogens is 186 g/mol. The zero-order valence-corrected chi connectivity index (χ0v) is 11.0. The van der Waals surface area contributed by atoms with E-state index in [4.69, 9.17) is 0 Å². The molecule has 1 aliphatic rings. The van der Waals surface area contributed by atoms with Crippen LogP contribution in [0.2, 0.25) is 0 Å². The minimum absolute atomic E-state index is 0.700. The molecule has 1 aliphatic heterocycles. The summed E-state index contributed by atoms with van der Waals surface area (Å²) in [5, 5.41) is 3.56. The lowest BCUT2D eigenvalue weighted by Gasteiger charge is -2.42. The lowest BCUT2D eigenvalue weighted by Crippen LogP contribution is -2.57. The maximum absolute atomic E-state index is 3.56. The van der Waals surface area contributed by atoms with E-state index in [2.05, 4.69) is 50.1 Å². The number of rotatable bonds is 4. The van der Waals surface area contributed by atoms with Gasteiger partial charge in [0.15, 0.2) is 0 Å². The molecule has 0 radical (unpaired) electrons. The molecule has 0 saturated carbocycles. The van der Waals surface area contributed by atoms with Gasteiger partial charge < -0.3 is 10.2 Å². The van der Waals surface area contributed by atoms with Gasteiger partial charge >= 0.3 is 0 Å². The predicted octanol–water partition coefficient (Wildman–Crippen LogP) is 0.866. The van der Waals surface area contributed by atoms with Gasteiger partial charge in [-0.25, -0.2) is 0 Å². The van der Waals surface area contributed by atoms with Crippen LogP contribution in [0.25, 0.3) is 0 Å². The number of hydrogen-bond donors (Lipinski definition) is 1. The van der Waals surface area contributed by atoms with E-state index in [9.17, 15) is 0 Å². The highest BCUT2D eigenvalue weighted by molar-refractivity contribution is 4.87. The van der Waals surface area contributed by atoms with E-state index in [1.165, 1.54) is 13.0 Å². The summed E-state index contributed by atoms with van der Waals surface area (Å²) in [6.45, 7) is 8.11. The van der Waals surface area contributed by atoms with Crippen molar-refractivity contribution in [1.29, 1.82) is 0 Å². The summed E-state index contributed by atoms with van der Waals surface area (Å²) >= 11 is 0. The molecule has 3 nitrogen and oxygen atoms in total. The zero-order chi connectivity index (χ0) is 11.4. The third-order valence-corrected chi connectivity index (χ3v) is 3.51. The highest BCUT2D eigenvalue weighted by Crippen LogP contribution is 2.16. The van der Waals surface area contributed by atoms with E-state index in [0.29, 0.717) is 12.1 Å². The van der Waals surface area contributed by atoms with Gasteiger partial charge in [0.2, 0.25) is 0 Å². The molecule has 1 fully saturated rings. The molecule has 1 heterocycles. The van der Waals surface area contributed by atoms with Gasteiger partial charge in [-0.15, -0.1) is 0 Å². The van der Waals surface area contributed by atoms with Crippen molar-refractivity contribution in [3.63, 3.8) is 0 Å². The first-order valence-electron chi connectivity index (χ1n) is 6.09. The van der Waals surface area contributed by atoms with Gasteiger partial charge in [-0.2, -0.15) is 0 Å². The summed E-state index contributed by atoms with van der Waals surface area (Å²) in [5.74, 6) is 0.740. The molecule has 0 aromatic rings. The van der Waals surface area contributed by atoms with E-state index in [1.54, 1.807) is 0 Å². The first-order valence-corrected chi connectivity index (χ1v) is 6.09. The first-order chi connectivity index (χ1) is 7.02. The molecule has 1 saturated heterocycles. The fourth-order valence-corrected chi connectivity index (χ4v) is 2.38. The van der Waals surface area contributed by atoms with Crippen LogP contribution in [0.3, 0.4) is 0 Å². The number of nitrogens with zero attached hydrogens (tertiary/aromatic N) is 2.